The normalized spacial score (nSPS) is 10.5. The molecule has 0 aliphatic heterocycles. The summed E-state index contributed by atoms with van der Waals surface area (Å²) in [4.78, 5) is 4.17. The molecule has 0 fully saturated rings. The second kappa shape index (κ2) is 6.75. The molecule has 2 aromatic rings. The highest BCUT2D eigenvalue weighted by molar-refractivity contribution is 6.34. The van der Waals surface area contributed by atoms with Gasteiger partial charge in [0.2, 0.25) is 5.88 Å². The van der Waals surface area contributed by atoms with Crippen molar-refractivity contribution in [2.24, 2.45) is 0 Å². The predicted octanol–water partition coefficient (Wildman–Crippen LogP) is 4.29. The van der Waals surface area contributed by atoms with Crippen LogP contribution in [0.4, 0.5) is 0 Å². The molecule has 0 aliphatic rings. The molecule has 1 N–H and O–H groups in total. The van der Waals surface area contributed by atoms with Crippen LogP contribution in [0.15, 0.2) is 36.5 Å². The molecule has 0 saturated carbocycles. The van der Waals surface area contributed by atoms with Crippen molar-refractivity contribution in [2.45, 2.75) is 13.5 Å². The van der Waals surface area contributed by atoms with Crippen LogP contribution in [0.3, 0.4) is 0 Å². The van der Waals surface area contributed by atoms with Gasteiger partial charge in [-0.05, 0) is 36.4 Å². The first-order chi connectivity index (χ1) is 9.17. The Morgan fingerprint density at radius 2 is 1.89 bits per heavy atom. The maximum Gasteiger partial charge on any atom is 0.219 e. The van der Waals surface area contributed by atoms with E-state index in [2.05, 4.69) is 17.2 Å². The Kier molecular flexibility index (Phi) is 5.02. The fourth-order valence-corrected chi connectivity index (χ4v) is 2.10. The van der Waals surface area contributed by atoms with Gasteiger partial charge in [0.1, 0.15) is 5.75 Å². The number of pyridine rings is 1. The molecule has 0 amide bonds. The van der Waals surface area contributed by atoms with E-state index in [1.165, 1.54) is 0 Å². The molecular formula is C14H14Cl2N2O. The van der Waals surface area contributed by atoms with E-state index in [-0.39, 0.29) is 0 Å². The number of benzene rings is 1. The highest BCUT2D eigenvalue weighted by atomic mass is 35.5. The van der Waals surface area contributed by atoms with Crippen molar-refractivity contribution < 1.29 is 4.74 Å². The third-order valence-electron chi connectivity index (χ3n) is 2.44. The molecular weight excluding hydrogens is 283 g/mol. The molecule has 0 radical (unpaired) electrons. The second-order valence-electron chi connectivity index (χ2n) is 3.99. The van der Waals surface area contributed by atoms with Crippen molar-refractivity contribution >= 4 is 23.2 Å². The Hall–Kier alpha value is -1.29. The Balaban J connectivity index is 2.13. The predicted molar refractivity (Wildman–Crippen MR) is 78.2 cm³/mol. The summed E-state index contributed by atoms with van der Waals surface area (Å²) in [7, 11) is 0. The molecule has 0 unspecified atom stereocenters. The number of hydrogen-bond acceptors (Lipinski definition) is 3. The first-order valence-electron chi connectivity index (χ1n) is 5.97. The summed E-state index contributed by atoms with van der Waals surface area (Å²) in [6, 6.07) is 8.89. The van der Waals surface area contributed by atoms with E-state index in [0.717, 1.165) is 18.7 Å². The van der Waals surface area contributed by atoms with Gasteiger partial charge >= 0.3 is 0 Å². The third kappa shape index (κ3) is 4.39. The molecule has 0 atom stereocenters. The Morgan fingerprint density at radius 3 is 2.58 bits per heavy atom. The van der Waals surface area contributed by atoms with Crippen LogP contribution < -0.4 is 10.1 Å². The number of ether oxygens (including phenoxy) is 1. The van der Waals surface area contributed by atoms with Gasteiger partial charge in [0.15, 0.2) is 0 Å². The molecule has 0 aliphatic carbocycles. The molecule has 1 aromatic carbocycles. The second-order valence-corrected chi connectivity index (χ2v) is 4.86. The average molecular weight is 297 g/mol. The van der Waals surface area contributed by atoms with Crippen LogP contribution in [0.1, 0.15) is 12.5 Å². The van der Waals surface area contributed by atoms with Gasteiger partial charge in [0, 0.05) is 28.9 Å². The number of rotatable bonds is 5. The SMILES string of the molecule is CCNCc1ccnc(Oc2cc(Cl)cc(Cl)c2)c1. The largest absolute Gasteiger partial charge is 0.439 e. The van der Waals surface area contributed by atoms with Crippen LogP contribution in [-0.2, 0) is 6.54 Å². The molecule has 100 valence electrons. The van der Waals surface area contributed by atoms with Crippen LogP contribution in [0.5, 0.6) is 11.6 Å². The fraction of sp³-hybridized carbons (Fsp3) is 0.214. The summed E-state index contributed by atoms with van der Waals surface area (Å²) in [6.07, 6.45) is 1.72. The molecule has 3 nitrogen and oxygen atoms in total. The number of nitrogens with zero attached hydrogens (tertiary/aromatic N) is 1. The lowest BCUT2D eigenvalue weighted by Gasteiger charge is -2.07. The van der Waals surface area contributed by atoms with Gasteiger partial charge in [0.05, 0.1) is 0 Å². The Labute approximate surface area is 122 Å². The molecule has 19 heavy (non-hydrogen) atoms. The third-order valence-corrected chi connectivity index (χ3v) is 2.87. The van der Waals surface area contributed by atoms with Crippen molar-refractivity contribution in [1.82, 2.24) is 10.3 Å². The van der Waals surface area contributed by atoms with E-state index in [9.17, 15) is 0 Å². The molecule has 0 saturated heterocycles. The molecule has 2 rings (SSSR count). The first kappa shape index (κ1) is 14.1. The van der Waals surface area contributed by atoms with Crippen LogP contribution in [0, 0.1) is 0 Å². The molecule has 0 bridgehead atoms. The molecule has 5 heteroatoms. The number of hydrogen-bond donors (Lipinski definition) is 1. The van der Waals surface area contributed by atoms with Crippen LogP contribution in [0.25, 0.3) is 0 Å². The highest BCUT2D eigenvalue weighted by Crippen LogP contribution is 2.27. The van der Waals surface area contributed by atoms with Crippen molar-refractivity contribution in [1.29, 1.82) is 0 Å². The molecule has 0 spiro atoms. The minimum atomic E-state index is 0.522. The van der Waals surface area contributed by atoms with Crippen molar-refractivity contribution in [3.05, 3.63) is 52.1 Å². The van der Waals surface area contributed by atoms with E-state index < -0.39 is 0 Å². The maximum atomic E-state index is 5.92. The van der Waals surface area contributed by atoms with E-state index in [0.29, 0.717) is 21.7 Å². The van der Waals surface area contributed by atoms with E-state index in [1.807, 2.05) is 12.1 Å². The smallest absolute Gasteiger partial charge is 0.219 e. The maximum absolute atomic E-state index is 5.92. The topological polar surface area (TPSA) is 34.2 Å². The van der Waals surface area contributed by atoms with Gasteiger partial charge in [-0.15, -0.1) is 0 Å². The Morgan fingerprint density at radius 1 is 1.16 bits per heavy atom. The zero-order valence-corrected chi connectivity index (χ0v) is 12.0. The van der Waals surface area contributed by atoms with Gasteiger partial charge in [-0.3, -0.25) is 0 Å². The minimum Gasteiger partial charge on any atom is -0.439 e. The molecule has 1 aromatic heterocycles. The van der Waals surface area contributed by atoms with Crippen LogP contribution >= 0.6 is 23.2 Å². The zero-order chi connectivity index (χ0) is 13.7. The lowest BCUT2D eigenvalue weighted by atomic mass is 10.2. The summed E-state index contributed by atoms with van der Waals surface area (Å²) in [6.45, 7) is 3.76. The van der Waals surface area contributed by atoms with Crippen molar-refractivity contribution in [3.63, 3.8) is 0 Å². The first-order valence-corrected chi connectivity index (χ1v) is 6.72. The summed E-state index contributed by atoms with van der Waals surface area (Å²) < 4.78 is 5.65. The monoisotopic (exact) mass is 296 g/mol. The van der Waals surface area contributed by atoms with Gasteiger partial charge < -0.3 is 10.1 Å². The quantitative estimate of drug-likeness (QED) is 0.894. The van der Waals surface area contributed by atoms with Gasteiger partial charge in [-0.1, -0.05) is 30.1 Å². The van der Waals surface area contributed by atoms with Crippen molar-refractivity contribution in [2.75, 3.05) is 6.54 Å². The lowest BCUT2D eigenvalue weighted by molar-refractivity contribution is 0.462. The van der Waals surface area contributed by atoms with Crippen LogP contribution in [-0.4, -0.2) is 11.5 Å². The molecule has 1 heterocycles. The number of aromatic nitrogens is 1. The van der Waals surface area contributed by atoms with Crippen LogP contribution in [0.2, 0.25) is 10.0 Å². The summed E-state index contributed by atoms with van der Waals surface area (Å²) in [5.41, 5.74) is 1.11. The summed E-state index contributed by atoms with van der Waals surface area (Å²) in [5, 5.41) is 4.32. The fourth-order valence-electron chi connectivity index (χ4n) is 1.59. The zero-order valence-electron chi connectivity index (χ0n) is 10.5. The average Bonchev–Trinajstić information content (AvgIpc) is 2.35. The van der Waals surface area contributed by atoms with Gasteiger partial charge in [-0.2, -0.15) is 0 Å². The summed E-state index contributed by atoms with van der Waals surface area (Å²) >= 11 is 11.8. The Bertz CT molecular complexity index is 541. The van der Waals surface area contributed by atoms with Gasteiger partial charge in [0.25, 0.3) is 0 Å². The standard InChI is InChI=1S/C14H14Cl2N2O/c1-2-17-9-10-3-4-18-14(5-10)19-13-7-11(15)6-12(16)8-13/h3-8,17H,2,9H2,1H3. The summed E-state index contributed by atoms with van der Waals surface area (Å²) in [5.74, 6) is 1.10. The van der Waals surface area contributed by atoms with E-state index in [4.69, 9.17) is 27.9 Å². The lowest BCUT2D eigenvalue weighted by Crippen LogP contribution is -2.11. The van der Waals surface area contributed by atoms with E-state index in [1.54, 1.807) is 24.4 Å². The number of nitrogens with one attached hydrogen (secondary N) is 1. The number of halogens is 2. The van der Waals surface area contributed by atoms with E-state index >= 15 is 0 Å². The van der Waals surface area contributed by atoms with Crippen molar-refractivity contribution in [3.8, 4) is 11.6 Å². The highest BCUT2D eigenvalue weighted by Gasteiger charge is 2.03. The van der Waals surface area contributed by atoms with Gasteiger partial charge in [-0.25, -0.2) is 4.98 Å². The minimum absolute atomic E-state index is 0.522.